The quantitative estimate of drug-likeness (QED) is 0.587. The van der Waals surface area contributed by atoms with E-state index in [-0.39, 0.29) is 5.97 Å². The van der Waals surface area contributed by atoms with Gasteiger partial charge < -0.3 is 4.74 Å². The minimum atomic E-state index is -0.343. The number of hydrogen-bond acceptors (Lipinski definition) is 3. The van der Waals surface area contributed by atoms with Gasteiger partial charge in [-0.15, -0.1) is 11.6 Å². The third kappa shape index (κ3) is 4.38. The SMILES string of the molecule is CCOC(=O)c1cc(CC#N)cc(CCCCl)c1. The van der Waals surface area contributed by atoms with Crippen molar-refractivity contribution in [2.75, 3.05) is 12.5 Å². The number of aryl methyl sites for hydroxylation is 1. The molecule has 0 N–H and O–H groups in total. The maximum atomic E-state index is 11.7. The predicted molar refractivity (Wildman–Crippen MR) is 70.8 cm³/mol. The van der Waals surface area contributed by atoms with E-state index < -0.39 is 0 Å². The fourth-order valence-electron chi connectivity index (χ4n) is 1.70. The number of benzene rings is 1. The van der Waals surface area contributed by atoms with E-state index in [1.54, 1.807) is 13.0 Å². The lowest BCUT2D eigenvalue weighted by atomic mass is 10.0. The van der Waals surface area contributed by atoms with Crippen LogP contribution >= 0.6 is 11.6 Å². The van der Waals surface area contributed by atoms with Crippen LogP contribution in [0.25, 0.3) is 0 Å². The van der Waals surface area contributed by atoms with Gasteiger partial charge in [0, 0.05) is 5.88 Å². The summed E-state index contributed by atoms with van der Waals surface area (Å²) in [5.41, 5.74) is 2.37. The third-order valence-electron chi connectivity index (χ3n) is 2.45. The Bertz CT molecular complexity index is 452. The highest BCUT2D eigenvalue weighted by atomic mass is 35.5. The molecule has 0 aromatic heterocycles. The van der Waals surface area contributed by atoms with Crippen molar-refractivity contribution in [1.82, 2.24) is 0 Å². The standard InChI is InChI=1S/C14H16ClNO2/c1-2-18-14(17)13-9-11(4-3-6-15)8-12(10-13)5-7-16/h8-10H,2-6H2,1H3. The van der Waals surface area contributed by atoms with E-state index in [2.05, 4.69) is 6.07 Å². The number of ether oxygens (including phenoxy) is 1. The summed E-state index contributed by atoms with van der Waals surface area (Å²) >= 11 is 5.66. The molecule has 0 atom stereocenters. The molecule has 96 valence electrons. The van der Waals surface area contributed by atoms with Gasteiger partial charge in [-0.2, -0.15) is 5.26 Å². The van der Waals surface area contributed by atoms with Gasteiger partial charge in [0.1, 0.15) is 0 Å². The van der Waals surface area contributed by atoms with Gasteiger partial charge in [0.15, 0.2) is 0 Å². The maximum absolute atomic E-state index is 11.7. The summed E-state index contributed by atoms with van der Waals surface area (Å²) in [6.45, 7) is 2.11. The fraction of sp³-hybridized carbons (Fsp3) is 0.429. The molecule has 0 bridgehead atoms. The lowest BCUT2D eigenvalue weighted by Crippen LogP contribution is -2.06. The average Bonchev–Trinajstić information content (AvgIpc) is 2.37. The van der Waals surface area contributed by atoms with Crippen molar-refractivity contribution < 1.29 is 9.53 Å². The maximum Gasteiger partial charge on any atom is 0.338 e. The second kappa shape index (κ2) is 7.73. The van der Waals surface area contributed by atoms with E-state index in [1.165, 1.54) is 0 Å². The molecule has 0 radical (unpaired) electrons. The number of carbonyl (C=O) groups excluding carboxylic acids is 1. The summed E-state index contributed by atoms with van der Waals surface area (Å²) in [6.07, 6.45) is 1.94. The number of rotatable bonds is 6. The molecular weight excluding hydrogens is 250 g/mol. The Balaban J connectivity index is 2.98. The molecule has 0 aliphatic carbocycles. The smallest absolute Gasteiger partial charge is 0.338 e. The highest BCUT2D eigenvalue weighted by Gasteiger charge is 2.09. The molecule has 0 unspecified atom stereocenters. The number of carbonyl (C=O) groups is 1. The van der Waals surface area contributed by atoms with Crippen LogP contribution < -0.4 is 0 Å². The van der Waals surface area contributed by atoms with Gasteiger partial charge in [0.2, 0.25) is 0 Å². The Labute approximate surface area is 112 Å². The number of hydrogen-bond donors (Lipinski definition) is 0. The van der Waals surface area contributed by atoms with Crippen LogP contribution in [0.2, 0.25) is 0 Å². The molecule has 4 heteroatoms. The van der Waals surface area contributed by atoms with Crippen LogP contribution in [-0.4, -0.2) is 18.5 Å². The monoisotopic (exact) mass is 265 g/mol. The van der Waals surface area contributed by atoms with Crippen LogP contribution in [0, 0.1) is 11.3 Å². The number of halogens is 1. The second-order valence-electron chi connectivity index (χ2n) is 3.89. The lowest BCUT2D eigenvalue weighted by molar-refractivity contribution is 0.0526. The van der Waals surface area contributed by atoms with Crippen molar-refractivity contribution in [3.05, 3.63) is 34.9 Å². The van der Waals surface area contributed by atoms with Crippen LogP contribution in [-0.2, 0) is 17.6 Å². The molecule has 0 spiro atoms. The predicted octanol–water partition coefficient (Wildman–Crippen LogP) is 3.10. The van der Waals surface area contributed by atoms with Crippen molar-refractivity contribution in [2.24, 2.45) is 0 Å². The van der Waals surface area contributed by atoms with Crippen molar-refractivity contribution >= 4 is 17.6 Å². The van der Waals surface area contributed by atoms with Gasteiger partial charge in [0.05, 0.1) is 24.7 Å². The number of nitriles is 1. The molecule has 3 nitrogen and oxygen atoms in total. The normalized spacial score (nSPS) is 9.83. The summed E-state index contributed by atoms with van der Waals surface area (Å²) in [5.74, 6) is 0.237. The zero-order chi connectivity index (χ0) is 13.4. The molecule has 1 aromatic carbocycles. The first-order chi connectivity index (χ1) is 8.71. The molecule has 0 aliphatic heterocycles. The third-order valence-corrected chi connectivity index (χ3v) is 2.71. The Morgan fingerprint density at radius 2 is 2.11 bits per heavy atom. The van der Waals surface area contributed by atoms with E-state index in [0.717, 1.165) is 24.0 Å². The minimum absolute atomic E-state index is 0.293. The molecule has 0 amide bonds. The highest BCUT2D eigenvalue weighted by molar-refractivity contribution is 6.17. The molecule has 0 saturated carbocycles. The van der Waals surface area contributed by atoms with E-state index in [4.69, 9.17) is 21.6 Å². The Hall–Kier alpha value is -1.53. The van der Waals surface area contributed by atoms with Gasteiger partial charge in [0.25, 0.3) is 0 Å². The zero-order valence-corrected chi connectivity index (χ0v) is 11.2. The fourth-order valence-corrected chi connectivity index (χ4v) is 1.84. The Morgan fingerprint density at radius 1 is 1.39 bits per heavy atom. The van der Waals surface area contributed by atoms with Gasteiger partial charge in [-0.05, 0) is 43.0 Å². The second-order valence-corrected chi connectivity index (χ2v) is 4.26. The molecule has 1 rings (SSSR count). The first-order valence-corrected chi connectivity index (χ1v) is 6.47. The van der Waals surface area contributed by atoms with Gasteiger partial charge in [-0.25, -0.2) is 4.79 Å². The van der Waals surface area contributed by atoms with Gasteiger partial charge in [-0.3, -0.25) is 0 Å². The van der Waals surface area contributed by atoms with Crippen LogP contribution in [0.15, 0.2) is 18.2 Å². The molecule has 0 aliphatic rings. The minimum Gasteiger partial charge on any atom is -0.462 e. The molecule has 1 aromatic rings. The highest BCUT2D eigenvalue weighted by Crippen LogP contribution is 2.14. The summed E-state index contributed by atoms with van der Waals surface area (Å²) in [7, 11) is 0. The lowest BCUT2D eigenvalue weighted by Gasteiger charge is -2.07. The summed E-state index contributed by atoms with van der Waals surface area (Å²) in [5, 5.41) is 8.73. The van der Waals surface area contributed by atoms with Crippen LogP contribution in [0.4, 0.5) is 0 Å². The molecular formula is C14H16ClNO2. The molecule has 0 heterocycles. The first-order valence-electron chi connectivity index (χ1n) is 5.94. The van der Waals surface area contributed by atoms with E-state index in [9.17, 15) is 4.79 Å². The van der Waals surface area contributed by atoms with E-state index in [0.29, 0.717) is 24.5 Å². The number of esters is 1. The van der Waals surface area contributed by atoms with Crippen molar-refractivity contribution in [2.45, 2.75) is 26.2 Å². The van der Waals surface area contributed by atoms with Crippen molar-refractivity contribution in [1.29, 1.82) is 5.26 Å². The van der Waals surface area contributed by atoms with Crippen LogP contribution in [0.3, 0.4) is 0 Å². The molecule has 0 fully saturated rings. The van der Waals surface area contributed by atoms with E-state index in [1.807, 2.05) is 12.1 Å². The number of alkyl halides is 1. The van der Waals surface area contributed by atoms with Crippen molar-refractivity contribution in [3.8, 4) is 6.07 Å². The largest absolute Gasteiger partial charge is 0.462 e. The summed E-state index contributed by atoms with van der Waals surface area (Å²) < 4.78 is 4.97. The topological polar surface area (TPSA) is 50.1 Å². The van der Waals surface area contributed by atoms with E-state index >= 15 is 0 Å². The van der Waals surface area contributed by atoms with Crippen LogP contribution in [0.1, 0.15) is 34.8 Å². The number of nitrogens with zero attached hydrogens (tertiary/aromatic N) is 1. The van der Waals surface area contributed by atoms with Gasteiger partial charge in [-0.1, -0.05) is 6.07 Å². The average molecular weight is 266 g/mol. The zero-order valence-electron chi connectivity index (χ0n) is 10.4. The van der Waals surface area contributed by atoms with Crippen molar-refractivity contribution in [3.63, 3.8) is 0 Å². The Kier molecular flexibility index (Phi) is 6.24. The first kappa shape index (κ1) is 14.5. The van der Waals surface area contributed by atoms with Crippen LogP contribution in [0.5, 0.6) is 0 Å². The molecule has 0 saturated heterocycles. The Morgan fingerprint density at radius 3 is 2.72 bits per heavy atom. The molecule has 18 heavy (non-hydrogen) atoms. The summed E-state index contributed by atoms with van der Waals surface area (Å²) in [6, 6.07) is 7.55. The summed E-state index contributed by atoms with van der Waals surface area (Å²) in [4.78, 5) is 11.7. The van der Waals surface area contributed by atoms with Gasteiger partial charge >= 0.3 is 5.97 Å².